The number of benzene rings is 2. The Balaban J connectivity index is 1.18. The minimum absolute atomic E-state index is 0.196. The van der Waals surface area contributed by atoms with Gasteiger partial charge in [-0.2, -0.15) is 0 Å². The Morgan fingerprint density at radius 3 is 1.54 bits per heavy atom. The summed E-state index contributed by atoms with van der Waals surface area (Å²) in [7, 11) is 0. The molecular formula is C36H48O3. The number of unbranched alkanes of at least 4 members (excludes halogenated alkanes) is 15. The van der Waals surface area contributed by atoms with Gasteiger partial charge in [-0.15, -0.1) is 0 Å². The Morgan fingerprint density at radius 1 is 0.590 bits per heavy atom. The summed E-state index contributed by atoms with van der Waals surface area (Å²) < 4.78 is 5.90. The predicted octanol–water partition coefficient (Wildman–Crippen LogP) is 10.3. The number of hydrogen-bond acceptors (Lipinski definition) is 3. The summed E-state index contributed by atoms with van der Waals surface area (Å²) in [5.74, 6) is 0.485. The molecule has 2 aromatic carbocycles. The summed E-state index contributed by atoms with van der Waals surface area (Å²) in [4.78, 5) is 24.9. The molecule has 0 N–H and O–H groups in total. The number of allylic oxidation sites excluding steroid dienone is 3. The second kappa shape index (κ2) is 18.4. The molecule has 39 heavy (non-hydrogen) atoms. The minimum atomic E-state index is -0.196. The number of rotatable bonds is 20. The molecule has 0 radical (unpaired) electrons. The van der Waals surface area contributed by atoms with Gasteiger partial charge in [0.25, 0.3) is 0 Å². The fraction of sp³-hybridized carbons (Fsp3) is 0.500. The van der Waals surface area contributed by atoms with Gasteiger partial charge in [-0.3, -0.25) is 9.59 Å². The predicted molar refractivity (Wildman–Crippen MR) is 164 cm³/mol. The highest BCUT2D eigenvalue weighted by Gasteiger charge is 2.31. The van der Waals surface area contributed by atoms with Crippen LogP contribution in [0.5, 0.6) is 5.75 Å². The van der Waals surface area contributed by atoms with Crippen molar-refractivity contribution in [1.29, 1.82) is 0 Å². The van der Waals surface area contributed by atoms with E-state index in [1.807, 2.05) is 30.3 Å². The van der Waals surface area contributed by atoms with Crippen LogP contribution in [-0.2, 0) is 0 Å². The Bertz CT molecular complexity index is 1020. The molecule has 0 unspecified atom stereocenters. The lowest BCUT2D eigenvalue weighted by molar-refractivity contribution is 0.0988. The maximum atomic E-state index is 12.4. The van der Waals surface area contributed by atoms with Crippen molar-refractivity contribution in [3.8, 4) is 5.75 Å². The highest BCUT2D eigenvalue weighted by atomic mass is 16.5. The molecule has 3 nitrogen and oxygen atoms in total. The largest absolute Gasteiger partial charge is 0.494 e. The lowest BCUT2D eigenvalue weighted by Crippen LogP contribution is -1.99. The zero-order valence-corrected chi connectivity index (χ0v) is 24.1. The van der Waals surface area contributed by atoms with Crippen molar-refractivity contribution in [2.75, 3.05) is 6.61 Å². The Morgan fingerprint density at radius 2 is 1.05 bits per heavy atom. The quantitative estimate of drug-likeness (QED) is 0.0975. The number of ketones is 2. The van der Waals surface area contributed by atoms with Gasteiger partial charge in [0.05, 0.1) is 12.2 Å². The van der Waals surface area contributed by atoms with Crippen LogP contribution >= 0.6 is 0 Å². The van der Waals surface area contributed by atoms with E-state index in [-0.39, 0.29) is 17.1 Å². The van der Waals surface area contributed by atoms with Gasteiger partial charge in [0.15, 0.2) is 11.6 Å². The van der Waals surface area contributed by atoms with Crippen LogP contribution in [0, 0.1) is 0 Å². The SMILES string of the molecule is CCCCCCCCCCCCCCCCCCOc1ccc(/C=C\C=C2C(=O)c3ccccc3C2=O)cc1. The van der Waals surface area contributed by atoms with Gasteiger partial charge in [-0.25, -0.2) is 0 Å². The zero-order chi connectivity index (χ0) is 27.5. The monoisotopic (exact) mass is 528 g/mol. The van der Waals surface area contributed by atoms with E-state index in [0.717, 1.165) is 24.3 Å². The molecule has 0 aliphatic heterocycles. The molecule has 0 bridgehead atoms. The number of Topliss-reactive ketones (excluding diaryl/α,β-unsaturated/α-hetero) is 2. The van der Waals surface area contributed by atoms with Crippen molar-refractivity contribution < 1.29 is 14.3 Å². The van der Waals surface area contributed by atoms with Gasteiger partial charge >= 0.3 is 0 Å². The van der Waals surface area contributed by atoms with Gasteiger partial charge < -0.3 is 4.74 Å². The van der Waals surface area contributed by atoms with Gasteiger partial charge in [-0.1, -0.05) is 152 Å². The molecular weight excluding hydrogens is 480 g/mol. The summed E-state index contributed by atoms with van der Waals surface area (Å²) in [6.07, 6.45) is 27.2. The maximum absolute atomic E-state index is 12.4. The van der Waals surface area contributed by atoms with Crippen molar-refractivity contribution in [3.63, 3.8) is 0 Å². The van der Waals surface area contributed by atoms with E-state index in [0.29, 0.717) is 11.1 Å². The third-order valence-corrected chi connectivity index (χ3v) is 7.60. The van der Waals surface area contributed by atoms with Crippen molar-refractivity contribution in [1.82, 2.24) is 0 Å². The number of ether oxygens (including phenoxy) is 1. The lowest BCUT2D eigenvalue weighted by Gasteiger charge is -2.06. The van der Waals surface area contributed by atoms with Gasteiger partial charge in [0, 0.05) is 11.1 Å². The fourth-order valence-corrected chi connectivity index (χ4v) is 5.19. The van der Waals surface area contributed by atoms with E-state index >= 15 is 0 Å². The summed E-state index contributed by atoms with van der Waals surface area (Å²) >= 11 is 0. The van der Waals surface area contributed by atoms with E-state index in [1.165, 1.54) is 96.3 Å². The van der Waals surface area contributed by atoms with E-state index in [4.69, 9.17) is 4.74 Å². The van der Waals surface area contributed by atoms with Crippen molar-refractivity contribution in [3.05, 3.63) is 82.9 Å². The highest BCUT2D eigenvalue weighted by Crippen LogP contribution is 2.26. The summed E-state index contributed by atoms with van der Waals surface area (Å²) in [5.41, 5.74) is 2.21. The topological polar surface area (TPSA) is 43.4 Å². The van der Waals surface area contributed by atoms with Crippen molar-refractivity contribution in [2.24, 2.45) is 0 Å². The summed E-state index contributed by atoms with van der Waals surface area (Å²) in [5, 5.41) is 0. The van der Waals surface area contributed by atoms with E-state index in [1.54, 1.807) is 36.4 Å². The molecule has 2 aromatic rings. The first-order valence-electron chi connectivity index (χ1n) is 15.5. The molecule has 1 aliphatic rings. The van der Waals surface area contributed by atoms with Crippen molar-refractivity contribution in [2.45, 2.75) is 110 Å². The van der Waals surface area contributed by atoms with Crippen LogP contribution < -0.4 is 4.74 Å². The molecule has 0 spiro atoms. The van der Waals surface area contributed by atoms with E-state index < -0.39 is 0 Å². The molecule has 3 rings (SSSR count). The molecule has 0 fully saturated rings. The third-order valence-electron chi connectivity index (χ3n) is 7.60. The third kappa shape index (κ3) is 11.0. The van der Waals surface area contributed by atoms with Gasteiger partial charge in [-0.05, 0) is 30.2 Å². The number of hydrogen-bond donors (Lipinski definition) is 0. The zero-order valence-electron chi connectivity index (χ0n) is 24.1. The molecule has 0 saturated heterocycles. The molecule has 1 aliphatic carbocycles. The average Bonchev–Trinajstić information content (AvgIpc) is 3.20. The fourth-order valence-electron chi connectivity index (χ4n) is 5.19. The molecule has 3 heteroatoms. The Hall–Kier alpha value is -2.94. The smallest absolute Gasteiger partial charge is 0.197 e. The van der Waals surface area contributed by atoms with Crippen LogP contribution in [0.15, 0.2) is 66.3 Å². The minimum Gasteiger partial charge on any atom is -0.494 e. The highest BCUT2D eigenvalue weighted by molar-refractivity contribution is 6.39. The summed E-state index contributed by atoms with van der Waals surface area (Å²) in [6, 6.07) is 14.9. The normalized spacial score (nSPS) is 12.9. The average molecular weight is 529 g/mol. The second-order valence-electron chi connectivity index (χ2n) is 10.9. The van der Waals surface area contributed by atoms with Crippen LogP contribution in [-0.4, -0.2) is 18.2 Å². The molecule has 0 saturated carbocycles. The van der Waals surface area contributed by atoms with Crippen LogP contribution in [0.1, 0.15) is 136 Å². The Labute approximate surface area is 236 Å². The van der Waals surface area contributed by atoms with Crippen LogP contribution in [0.4, 0.5) is 0 Å². The lowest BCUT2D eigenvalue weighted by atomic mass is 10.0. The van der Waals surface area contributed by atoms with Crippen LogP contribution in [0.3, 0.4) is 0 Å². The standard InChI is InChI=1S/C36H48O3/c1-2-3-4-5-6-7-8-9-10-11-12-13-14-15-16-19-29-39-31-27-25-30(26-28-31)21-20-24-34-35(37)32-22-17-18-23-33(32)36(34)38/h17-18,20-28H,2-16,19,29H2,1H3/b21-20-. The molecule has 0 atom stereocenters. The molecule has 0 heterocycles. The molecule has 210 valence electrons. The molecule has 0 amide bonds. The van der Waals surface area contributed by atoms with E-state index in [9.17, 15) is 9.59 Å². The Kier molecular flexibility index (Phi) is 14.4. The van der Waals surface area contributed by atoms with Crippen LogP contribution in [0.2, 0.25) is 0 Å². The summed E-state index contributed by atoms with van der Waals surface area (Å²) in [6.45, 7) is 3.04. The number of carbonyl (C=O) groups excluding carboxylic acids is 2. The van der Waals surface area contributed by atoms with Gasteiger partial charge in [0.1, 0.15) is 5.75 Å². The molecule has 0 aromatic heterocycles. The number of carbonyl (C=O) groups is 2. The van der Waals surface area contributed by atoms with Gasteiger partial charge in [0.2, 0.25) is 0 Å². The maximum Gasteiger partial charge on any atom is 0.197 e. The first-order chi connectivity index (χ1) is 19.2. The first-order valence-corrected chi connectivity index (χ1v) is 15.5. The first kappa shape index (κ1) is 30.6. The van der Waals surface area contributed by atoms with Crippen LogP contribution in [0.25, 0.3) is 6.08 Å². The second-order valence-corrected chi connectivity index (χ2v) is 10.9. The number of fused-ring (bicyclic) bond motifs is 1. The van der Waals surface area contributed by atoms with Crippen molar-refractivity contribution >= 4 is 17.6 Å². The van der Waals surface area contributed by atoms with E-state index in [2.05, 4.69) is 6.92 Å².